The highest BCUT2D eigenvalue weighted by molar-refractivity contribution is 6.31. The van der Waals surface area contributed by atoms with Crippen LogP contribution in [0.25, 0.3) is 11.1 Å². The molecule has 0 aliphatic carbocycles. The summed E-state index contributed by atoms with van der Waals surface area (Å²) in [4.78, 5) is 12.2. The third-order valence-corrected chi connectivity index (χ3v) is 4.92. The Morgan fingerprint density at radius 3 is 2.19 bits per heavy atom. The highest BCUT2D eigenvalue weighted by Crippen LogP contribution is 2.25. The molecule has 0 unspecified atom stereocenters. The van der Waals surface area contributed by atoms with Crippen LogP contribution in [0.15, 0.2) is 78.9 Å². The standard InChI is InChI=1S/C23H22ClNO2/c1-23(27,16-25-22(26)15-19-9-5-6-10-21(19)24)20-13-11-18(12-14-20)17-7-3-2-4-8-17/h2-14,27H,15-16H2,1H3,(H,25,26)/t23-/m1/s1. The minimum atomic E-state index is -1.16. The lowest BCUT2D eigenvalue weighted by molar-refractivity contribution is -0.121. The van der Waals surface area contributed by atoms with Crippen LogP contribution in [-0.4, -0.2) is 17.6 Å². The van der Waals surface area contributed by atoms with Crippen molar-refractivity contribution in [3.05, 3.63) is 95.0 Å². The van der Waals surface area contributed by atoms with E-state index in [0.717, 1.165) is 22.3 Å². The summed E-state index contributed by atoms with van der Waals surface area (Å²) in [5, 5.41) is 14.1. The maximum absolute atomic E-state index is 12.2. The number of amides is 1. The van der Waals surface area contributed by atoms with Gasteiger partial charge in [0.1, 0.15) is 5.60 Å². The lowest BCUT2D eigenvalue weighted by Gasteiger charge is -2.24. The first-order valence-electron chi connectivity index (χ1n) is 8.84. The molecule has 0 fully saturated rings. The van der Waals surface area contributed by atoms with Gasteiger partial charge in [0.25, 0.3) is 0 Å². The van der Waals surface area contributed by atoms with Gasteiger partial charge in [-0.3, -0.25) is 4.79 Å². The van der Waals surface area contributed by atoms with E-state index in [0.29, 0.717) is 5.02 Å². The number of benzene rings is 3. The SMILES string of the molecule is C[C@@](O)(CNC(=O)Cc1ccccc1Cl)c1ccc(-c2ccccc2)cc1. The van der Waals surface area contributed by atoms with E-state index in [9.17, 15) is 9.90 Å². The largest absolute Gasteiger partial charge is 0.384 e. The van der Waals surface area contributed by atoms with Crippen molar-refractivity contribution in [1.29, 1.82) is 0 Å². The highest BCUT2D eigenvalue weighted by Gasteiger charge is 2.24. The van der Waals surface area contributed by atoms with Gasteiger partial charge >= 0.3 is 0 Å². The van der Waals surface area contributed by atoms with E-state index in [4.69, 9.17) is 11.6 Å². The second-order valence-electron chi connectivity index (χ2n) is 6.76. The van der Waals surface area contributed by atoms with Crippen LogP contribution >= 0.6 is 11.6 Å². The Balaban J connectivity index is 1.62. The maximum atomic E-state index is 12.2. The first-order chi connectivity index (χ1) is 13.0. The molecule has 0 spiro atoms. The van der Waals surface area contributed by atoms with Crippen LogP contribution in [0.4, 0.5) is 0 Å². The summed E-state index contributed by atoms with van der Waals surface area (Å²) in [5.74, 6) is -0.177. The first kappa shape index (κ1) is 19.2. The fourth-order valence-electron chi connectivity index (χ4n) is 2.90. The van der Waals surface area contributed by atoms with Gasteiger partial charge in [-0.25, -0.2) is 0 Å². The fourth-order valence-corrected chi connectivity index (χ4v) is 3.10. The van der Waals surface area contributed by atoms with Gasteiger partial charge in [-0.1, -0.05) is 84.4 Å². The summed E-state index contributed by atoms with van der Waals surface area (Å²) >= 11 is 6.09. The van der Waals surface area contributed by atoms with Crippen LogP contribution in [0.3, 0.4) is 0 Å². The van der Waals surface area contributed by atoms with Gasteiger partial charge in [0.15, 0.2) is 0 Å². The number of hydrogen-bond acceptors (Lipinski definition) is 2. The topological polar surface area (TPSA) is 49.3 Å². The molecule has 4 heteroatoms. The Bertz CT molecular complexity index is 905. The summed E-state index contributed by atoms with van der Waals surface area (Å²) < 4.78 is 0. The molecule has 3 aromatic rings. The van der Waals surface area contributed by atoms with E-state index in [2.05, 4.69) is 5.32 Å². The highest BCUT2D eigenvalue weighted by atomic mass is 35.5. The van der Waals surface area contributed by atoms with Crippen molar-refractivity contribution in [2.75, 3.05) is 6.54 Å². The van der Waals surface area contributed by atoms with Gasteiger partial charge in [-0.05, 0) is 35.2 Å². The molecular formula is C23H22ClNO2. The molecule has 3 aromatic carbocycles. The Labute approximate surface area is 164 Å². The Morgan fingerprint density at radius 1 is 0.926 bits per heavy atom. The minimum Gasteiger partial charge on any atom is -0.384 e. The van der Waals surface area contributed by atoms with Crippen LogP contribution in [0.5, 0.6) is 0 Å². The van der Waals surface area contributed by atoms with Crippen molar-refractivity contribution >= 4 is 17.5 Å². The van der Waals surface area contributed by atoms with Crippen molar-refractivity contribution in [2.45, 2.75) is 18.9 Å². The monoisotopic (exact) mass is 379 g/mol. The average molecular weight is 380 g/mol. The minimum absolute atomic E-state index is 0.126. The summed E-state index contributed by atoms with van der Waals surface area (Å²) in [6.07, 6.45) is 0.183. The third-order valence-electron chi connectivity index (χ3n) is 4.55. The van der Waals surface area contributed by atoms with Crippen molar-refractivity contribution in [3.63, 3.8) is 0 Å². The van der Waals surface area contributed by atoms with Gasteiger partial charge in [-0.2, -0.15) is 0 Å². The lowest BCUT2D eigenvalue weighted by atomic mass is 9.93. The molecule has 0 heterocycles. The van der Waals surface area contributed by atoms with E-state index in [1.165, 1.54) is 0 Å². The molecule has 138 valence electrons. The van der Waals surface area contributed by atoms with Gasteiger partial charge in [0.05, 0.1) is 13.0 Å². The molecule has 0 saturated heterocycles. The zero-order valence-electron chi connectivity index (χ0n) is 15.2. The van der Waals surface area contributed by atoms with Gasteiger partial charge in [-0.15, -0.1) is 0 Å². The number of halogens is 1. The van der Waals surface area contributed by atoms with Crippen molar-refractivity contribution in [3.8, 4) is 11.1 Å². The second-order valence-corrected chi connectivity index (χ2v) is 7.17. The third kappa shape index (κ3) is 4.97. The zero-order valence-corrected chi connectivity index (χ0v) is 15.9. The summed E-state index contributed by atoms with van der Waals surface area (Å²) in [7, 11) is 0. The normalized spacial score (nSPS) is 13.0. The molecule has 0 saturated carbocycles. The number of carbonyl (C=O) groups is 1. The first-order valence-corrected chi connectivity index (χ1v) is 9.22. The molecule has 0 radical (unpaired) electrons. The van der Waals surface area contributed by atoms with Gasteiger partial charge in [0.2, 0.25) is 5.91 Å². The van der Waals surface area contributed by atoms with Crippen LogP contribution in [-0.2, 0) is 16.8 Å². The number of aliphatic hydroxyl groups is 1. The predicted octanol–water partition coefficient (Wildman–Crippen LogP) is 4.57. The average Bonchev–Trinajstić information content (AvgIpc) is 2.69. The molecule has 0 aliphatic rings. The van der Waals surface area contributed by atoms with Crippen LogP contribution in [0.1, 0.15) is 18.1 Å². The molecule has 27 heavy (non-hydrogen) atoms. The van der Waals surface area contributed by atoms with Crippen molar-refractivity contribution in [2.24, 2.45) is 0 Å². The number of rotatable bonds is 6. The van der Waals surface area contributed by atoms with Crippen LogP contribution in [0.2, 0.25) is 5.02 Å². The molecule has 3 nitrogen and oxygen atoms in total. The van der Waals surface area contributed by atoms with E-state index < -0.39 is 5.60 Å². The second kappa shape index (κ2) is 8.38. The van der Waals surface area contributed by atoms with E-state index in [1.54, 1.807) is 13.0 Å². The number of nitrogens with one attached hydrogen (secondary N) is 1. The molecule has 1 atom stereocenters. The fraction of sp³-hybridized carbons (Fsp3) is 0.174. The quantitative estimate of drug-likeness (QED) is 0.659. The van der Waals surface area contributed by atoms with Crippen LogP contribution in [0, 0.1) is 0 Å². The molecule has 0 aromatic heterocycles. The Morgan fingerprint density at radius 2 is 1.52 bits per heavy atom. The maximum Gasteiger partial charge on any atom is 0.224 e. The molecule has 0 aliphatic heterocycles. The van der Waals surface area contributed by atoms with E-state index in [1.807, 2.05) is 72.8 Å². The summed E-state index contributed by atoms with van der Waals surface area (Å²) in [5.41, 5.74) is 2.56. The van der Waals surface area contributed by atoms with Gasteiger partial charge < -0.3 is 10.4 Å². The van der Waals surface area contributed by atoms with E-state index in [-0.39, 0.29) is 18.9 Å². The lowest BCUT2D eigenvalue weighted by Crippen LogP contribution is -2.39. The zero-order chi connectivity index (χ0) is 19.3. The molecule has 1 amide bonds. The van der Waals surface area contributed by atoms with Crippen molar-refractivity contribution < 1.29 is 9.90 Å². The summed E-state index contributed by atoms with van der Waals surface area (Å²) in [6.45, 7) is 1.82. The van der Waals surface area contributed by atoms with Crippen LogP contribution < -0.4 is 5.32 Å². The molecular weight excluding hydrogens is 358 g/mol. The summed E-state index contributed by atoms with van der Waals surface area (Å²) in [6, 6.07) is 25.0. The number of carbonyl (C=O) groups excluding carboxylic acids is 1. The van der Waals surface area contributed by atoms with Gasteiger partial charge in [0, 0.05) is 5.02 Å². The Kier molecular flexibility index (Phi) is 5.94. The Hall–Kier alpha value is -2.62. The molecule has 3 rings (SSSR count). The predicted molar refractivity (Wildman–Crippen MR) is 110 cm³/mol. The van der Waals surface area contributed by atoms with Crippen molar-refractivity contribution in [1.82, 2.24) is 5.32 Å². The number of hydrogen-bond donors (Lipinski definition) is 2. The smallest absolute Gasteiger partial charge is 0.224 e. The molecule has 0 bridgehead atoms. The van der Waals surface area contributed by atoms with E-state index >= 15 is 0 Å². The molecule has 2 N–H and O–H groups in total.